The molecule has 0 bridgehead atoms. The highest BCUT2D eigenvalue weighted by molar-refractivity contribution is 6.30. The number of benzene rings is 2. The number of carboxylic acid groups (broad SMARTS) is 1. The van der Waals surface area contributed by atoms with Crippen LogP contribution in [-0.2, 0) is 17.8 Å². The summed E-state index contributed by atoms with van der Waals surface area (Å²) in [5, 5.41) is 12.0. The fourth-order valence-corrected chi connectivity index (χ4v) is 4.55. The minimum Gasteiger partial charge on any atom is -0.550 e. The lowest BCUT2D eigenvalue weighted by molar-refractivity contribution is -0.308. The number of fused-ring (bicyclic) bond motifs is 1. The summed E-state index contributed by atoms with van der Waals surface area (Å²) >= 11 is 6.00. The average Bonchev–Trinajstić information content (AvgIpc) is 3.21. The zero-order chi connectivity index (χ0) is 19.7. The molecule has 146 valence electrons. The lowest BCUT2D eigenvalue weighted by Crippen LogP contribution is -2.33. The van der Waals surface area contributed by atoms with E-state index in [4.69, 9.17) is 11.6 Å². The van der Waals surface area contributed by atoms with Crippen molar-refractivity contribution in [3.63, 3.8) is 0 Å². The Morgan fingerprint density at radius 2 is 1.89 bits per heavy atom. The van der Waals surface area contributed by atoms with Crippen molar-refractivity contribution < 1.29 is 14.3 Å². The van der Waals surface area contributed by atoms with E-state index in [9.17, 15) is 14.3 Å². The normalized spacial score (nSPS) is 15.9. The van der Waals surface area contributed by atoms with Crippen molar-refractivity contribution >= 4 is 28.6 Å². The van der Waals surface area contributed by atoms with E-state index in [-0.39, 0.29) is 17.7 Å². The van der Waals surface area contributed by atoms with Crippen LogP contribution in [0.5, 0.6) is 0 Å². The fraction of sp³-hybridized carbons (Fsp3) is 0.364. The van der Waals surface area contributed by atoms with E-state index in [1.165, 1.54) is 12.1 Å². The molecule has 0 spiro atoms. The summed E-state index contributed by atoms with van der Waals surface area (Å²) in [6.07, 6.45) is 4.30. The highest BCUT2D eigenvalue weighted by Gasteiger charge is 2.35. The number of imidazole rings is 1. The number of aliphatic carboxylic acids is 1. The minimum atomic E-state index is -1.02. The van der Waals surface area contributed by atoms with Gasteiger partial charge in [-0.05, 0) is 54.5 Å². The van der Waals surface area contributed by atoms with E-state index in [0.29, 0.717) is 23.5 Å². The van der Waals surface area contributed by atoms with Gasteiger partial charge >= 0.3 is 0 Å². The number of halogens is 2. The van der Waals surface area contributed by atoms with Crippen LogP contribution in [0.15, 0.2) is 42.5 Å². The van der Waals surface area contributed by atoms with Crippen molar-refractivity contribution in [2.45, 2.75) is 45.1 Å². The van der Waals surface area contributed by atoms with Crippen LogP contribution in [0.4, 0.5) is 4.39 Å². The van der Waals surface area contributed by atoms with E-state index < -0.39 is 5.97 Å². The van der Waals surface area contributed by atoms with Crippen LogP contribution in [-0.4, -0.2) is 15.5 Å². The van der Waals surface area contributed by atoms with Crippen molar-refractivity contribution in [2.75, 3.05) is 0 Å². The van der Waals surface area contributed by atoms with Gasteiger partial charge in [-0.3, -0.25) is 0 Å². The Morgan fingerprint density at radius 1 is 1.18 bits per heavy atom. The molecule has 0 amide bonds. The Hall–Kier alpha value is -2.40. The summed E-state index contributed by atoms with van der Waals surface area (Å²) in [4.78, 5) is 16.1. The number of nitrogens with zero attached hydrogens (tertiary/aromatic N) is 2. The highest BCUT2D eigenvalue weighted by atomic mass is 35.5. The van der Waals surface area contributed by atoms with Crippen LogP contribution in [0.2, 0.25) is 5.02 Å². The topological polar surface area (TPSA) is 57.9 Å². The summed E-state index contributed by atoms with van der Waals surface area (Å²) in [5.41, 5.74) is 2.14. The van der Waals surface area contributed by atoms with Gasteiger partial charge in [-0.2, -0.15) is 0 Å². The molecule has 1 saturated carbocycles. The summed E-state index contributed by atoms with van der Waals surface area (Å²) in [6.45, 7) is 0.566. The summed E-state index contributed by atoms with van der Waals surface area (Å²) in [6, 6.07) is 12.2. The first-order chi connectivity index (χ1) is 13.4. The molecule has 4 nitrogen and oxygen atoms in total. The maximum atomic E-state index is 13.8. The second kappa shape index (κ2) is 7.55. The first kappa shape index (κ1) is 18.9. The molecule has 6 heteroatoms. The highest BCUT2D eigenvalue weighted by Crippen LogP contribution is 2.44. The molecule has 0 atom stereocenters. The first-order valence-electron chi connectivity index (χ1n) is 9.53. The molecule has 0 aliphatic heterocycles. The molecule has 1 aliphatic rings. The number of carboxylic acids is 1. The molecule has 3 aromatic rings. The number of hydrogen-bond donors (Lipinski definition) is 0. The molecule has 1 fully saturated rings. The first-order valence-corrected chi connectivity index (χ1v) is 9.91. The number of hydrogen-bond acceptors (Lipinski definition) is 3. The second-order valence-electron chi connectivity index (χ2n) is 7.81. The zero-order valence-corrected chi connectivity index (χ0v) is 16.2. The molecule has 0 N–H and O–H groups in total. The van der Waals surface area contributed by atoms with Gasteiger partial charge in [0, 0.05) is 30.0 Å². The zero-order valence-electron chi connectivity index (χ0n) is 15.5. The maximum absolute atomic E-state index is 13.8. The monoisotopic (exact) mass is 399 g/mol. The van der Waals surface area contributed by atoms with Crippen LogP contribution >= 0.6 is 11.6 Å². The van der Waals surface area contributed by atoms with Crippen LogP contribution in [0, 0.1) is 11.2 Å². The maximum Gasteiger partial charge on any atom is 0.125 e. The van der Waals surface area contributed by atoms with Crippen molar-refractivity contribution in [1.29, 1.82) is 0 Å². The van der Waals surface area contributed by atoms with Gasteiger partial charge in [-0.1, -0.05) is 36.6 Å². The van der Waals surface area contributed by atoms with Crippen molar-refractivity contribution in [3.8, 4) is 0 Å². The van der Waals surface area contributed by atoms with Gasteiger partial charge in [0.1, 0.15) is 11.6 Å². The molecule has 28 heavy (non-hydrogen) atoms. The van der Waals surface area contributed by atoms with Gasteiger partial charge in [0.25, 0.3) is 0 Å². The molecule has 1 heterocycles. The molecule has 1 aromatic heterocycles. The summed E-state index contributed by atoms with van der Waals surface area (Å²) < 4.78 is 15.8. The van der Waals surface area contributed by atoms with Gasteiger partial charge in [0.15, 0.2) is 0 Å². The molecule has 4 rings (SSSR count). The third-order valence-electron chi connectivity index (χ3n) is 5.76. The standard InChI is InChI=1S/C22H22ClFN2O2/c23-16-5-3-15(4-6-16)14-26-19-8-7-17(24)11-18(19)25-20(26)12-22(13-21(27)28)9-1-2-10-22/h3-8,11H,1-2,9-10,12-14H2,(H,27,28)/p-1. The van der Waals surface area contributed by atoms with Crippen LogP contribution in [0.3, 0.4) is 0 Å². The van der Waals surface area contributed by atoms with Crippen LogP contribution < -0.4 is 5.11 Å². The molecular formula is C22H21ClFN2O2-. The van der Waals surface area contributed by atoms with Gasteiger partial charge < -0.3 is 14.5 Å². The quantitative estimate of drug-likeness (QED) is 0.626. The van der Waals surface area contributed by atoms with Crippen molar-refractivity contribution in [2.24, 2.45) is 5.41 Å². The van der Waals surface area contributed by atoms with Gasteiger partial charge in [0.2, 0.25) is 0 Å². The minimum absolute atomic E-state index is 0.0332. The molecule has 0 radical (unpaired) electrons. The Bertz CT molecular complexity index is 1010. The predicted octanol–water partition coefficient (Wildman–Crippen LogP) is 4.12. The number of aromatic nitrogens is 2. The SMILES string of the molecule is O=C([O-])CC1(Cc2nc3cc(F)ccc3n2Cc2ccc(Cl)cc2)CCCC1. The van der Waals surface area contributed by atoms with E-state index in [0.717, 1.165) is 42.6 Å². The predicted molar refractivity (Wildman–Crippen MR) is 104 cm³/mol. The lowest BCUT2D eigenvalue weighted by Gasteiger charge is -2.29. The fourth-order valence-electron chi connectivity index (χ4n) is 4.42. The average molecular weight is 400 g/mol. The van der Waals surface area contributed by atoms with Gasteiger partial charge in [-0.25, -0.2) is 9.37 Å². The molecule has 1 aliphatic carbocycles. The van der Waals surface area contributed by atoms with E-state index >= 15 is 0 Å². The Labute approximate surface area is 168 Å². The van der Waals surface area contributed by atoms with Crippen molar-refractivity contribution in [3.05, 3.63) is 64.7 Å². The smallest absolute Gasteiger partial charge is 0.125 e. The van der Waals surface area contributed by atoms with Crippen LogP contribution in [0.1, 0.15) is 43.5 Å². The lowest BCUT2D eigenvalue weighted by atomic mass is 9.79. The van der Waals surface area contributed by atoms with Crippen LogP contribution in [0.25, 0.3) is 11.0 Å². The van der Waals surface area contributed by atoms with Crippen molar-refractivity contribution in [1.82, 2.24) is 9.55 Å². The van der Waals surface area contributed by atoms with E-state index in [1.54, 1.807) is 6.07 Å². The summed E-state index contributed by atoms with van der Waals surface area (Å²) in [7, 11) is 0. The van der Waals surface area contributed by atoms with Gasteiger partial charge in [0.05, 0.1) is 11.0 Å². The third-order valence-corrected chi connectivity index (χ3v) is 6.01. The van der Waals surface area contributed by atoms with Gasteiger partial charge in [-0.15, -0.1) is 0 Å². The number of rotatable bonds is 6. The van der Waals surface area contributed by atoms with E-state index in [1.807, 2.05) is 24.3 Å². The number of carbonyl (C=O) groups excluding carboxylic acids is 1. The summed E-state index contributed by atoms with van der Waals surface area (Å²) in [5.74, 6) is -0.562. The molecule has 0 saturated heterocycles. The molecule has 0 unspecified atom stereocenters. The Balaban J connectivity index is 1.75. The molecular weight excluding hydrogens is 379 g/mol. The third kappa shape index (κ3) is 3.90. The second-order valence-corrected chi connectivity index (χ2v) is 8.24. The number of carbonyl (C=O) groups is 1. The molecule has 2 aromatic carbocycles. The largest absolute Gasteiger partial charge is 0.550 e. The Kier molecular flexibility index (Phi) is 5.11. The van der Waals surface area contributed by atoms with E-state index in [2.05, 4.69) is 9.55 Å². The Morgan fingerprint density at radius 3 is 2.57 bits per heavy atom.